The minimum atomic E-state index is 0.00739. The fourth-order valence-corrected chi connectivity index (χ4v) is 5.75. The Labute approximate surface area is 201 Å². The molecule has 0 spiro atoms. The molecule has 33 heavy (non-hydrogen) atoms. The van der Waals surface area contributed by atoms with Crippen molar-refractivity contribution in [2.45, 2.75) is 70.1 Å². The van der Waals surface area contributed by atoms with E-state index in [2.05, 4.69) is 18.9 Å². The predicted molar refractivity (Wildman–Crippen MR) is 132 cm³/mol. The number of hydrogen-bond acceptors (Lipinski definition) is 4. The van der Waals surface area contributed by atoms with Gasteiger partial charge in [0, 0.05) is 29.9 Å². The second kappa shape index (κ2) is 9.55. The Kier molecular flexibility index (Phi) is 6.53. The molecule has 5 nitrogen and oxygen atoms in total. The van der Waals surface area contributed by atoms with Gasteiger partial charge in [0.1, 0.15) is 17.6 Å². The van der Waals surface area contributed by atoms with Gasteiger partial charge >= 0.3 is 0 Å². The lowest BCUT2D eigenvalue weighted by atomic mass is 9.98. The van der Waals surface area contributed by atoms with Gasteiger partial charge in [-0.3, -0.25) is 4.79 Å². The Morgan fingerprint density at radius 1 is 1.09 bits per heavy atom. The summed E-state index contributed by atoms with van der Waals surface area (Å²) in [7, 11) is 2.23. The average Bonchev–Trinajstić information content (AvgIpc) is 3.01. The van der Waals surface area contributed by atoms with E-state index in [9.17, 15) is 4.79 Å². The molecule has 3 heterocycles. The zero-order valence-corrected chi connectivity index (χ0v) is 20.3. The van der Waals surface area contributed by atoms with Crippen molar-refractivity contribution in [1.29, 1.82) is 0 Å². The zero-order chi connectivity index (χ0) is 22.9. The van der Waals surface area contributed by atoms with E-state index in [1.807, 2.05) is 41.3 Å². The molecule has 2 bridgehead atoms. The van der Waals surface area contributed by atoms with E-state index in [0.29, 0.717) is 36.0 Å². The number of ether oxygens (including phenoxy) is 2. The van der Waals surface area contributed by atoms with E-state index >= 15 is 0 Å². The number of fused-ring (bicyclic) bond motifs is 3. The highest BCUT2D eigenvalue weighted by molar-refractivity contribution is 6.32. The lowest BCUT2D eigenvalue weighted by Gasteiger charge is -2.36. The Morgan fingerprint density at radius 3 is 2.61 bits per heavy atom. The highest BCUT2D eigenvalue weighted by Crippen LogP contribution is 2.38. The number of piperidine rings is 1. The summed E-state index contributed by atoms with van der Waals surface area (Å²) in [6.45, 7) is 3.48. The number of hydrogen-bond donors (Lipinski definition) is 0. The normalized spacial score (nSPS) is 24.6. The quantitative estimate of drug-likeness (QED) is 0.487. The highest BCUT2D eigenvalue weighted by atomic mass is 35.5. The van der Waals surface area contributed by atoms with Crippen LogP contribution in [0.1, 0.15) is 61.4 Å². The molecule has 0 aliphatic carbocycles. The number of unbranched alkanes of at least 4 members (excludes halogenated alkanes) is 1. The van der Waals surface area contributed by atoms with Crippen LogP contribution in [0.4, 0.5) is 5.69 Å². The van der Waals surface area contributed by atoms with E-state index in [0.717, 1.165) is 54.7 Å². The second-order valence-corrected chi connectivity index (χ2v) is 10.0. The Bertz CT molecular complexity index is 1010. The maximum absolute atomic E-state index is 13.2. The third-order valence-corrected chi connectivity index (χ3v) is 7.79. The highest BCUT2D eigenvalue weighted by Gasteiger charge is 2.39. The van der Waals surface area contributed by atoms with Crippen molar-refractivity contribution in [2.75, 3.05) is 25.1 Å². The smallest absolute Gasteiger partial charge is 0.258 e. The van der Waals surface area contributed by atoms with Crippen LogP contribution in [-0.2, 0) is 6.42 Å². The lowest BCUT2D eigenvalue weighted by molar-refractivity contribution is 0.0662. The first-order valence-corrected chi connectivity index (χ1v) is 12.7. The third kappa shape index (κ3) is 4.58. The van der Waals surface area contributed by atoms with Crippen molar-refractivity contribution >= 4 is 23.2 Å². The molecule has 2 fully saturated rings. The minimum Gasteiger partial charge on any atom is -0.494 e. The molecule has 6 heteroatoms. The first-order chi connectivity index (χ1) is 16.0. The van der Waals surface area contributed by atoms with E-state index in [4.69, 9.17) is 21.1 Å². The summed E-state index contributed by atoms with van der Waals surface area (Å²) < 4.78 is 12.1. The molecule has 2 aromatic rings. The minimum absolute atomic E-state index is 0.00739. The second-order valence-electron chi connectivity index (χ2n) is 9.60. The molecular formula is C27H33ClN2O3. The molecular weight excluding hydrogens is 436 g/mol. The van der Waals surface area contributed by atoms with Crippen LogP contribution in [0.5, 0.6) is 11.5 Å². The largest absolute Gasteiger partial charge is 0.494 e. The Morgan fingerprint density at radius 2 is 1.88 bits per heavy atom. The summed E-state index contributed by atoms with van der Waals surface area (Å²) in [5.74, 6) is 1.57. The van der Waals surface area contributed by atoms with Crippen molar-refractivity contribution in [1.82, 2.24) is 4.90 Å². The summed E-state index contributed by atoms with van der Waals surface area (Å²) in [4.78, 5) is 17.5. The van der Waals surface area contributed by atoms with Crippen LogP contribution in [-0.4, -0.2) is 49.2 Å². The molecule has 0 aromatic heterocycles. The van der Waals surface area contributed by atoms with Gasteiger partial charge in [-0.1, -0.05) is 24.9 Å². The van der Waals surface area contributed by atoms with Crippen molar-refractivity contribution < 1.29 is 14.3 Å². The van der Waals surface area contributed by atoms with Crippen molar-refractivity contribution in [3.05, 3.63) is 52.5 Å². The SMILES string of the molecule is CCCCOc1ccc2c(c1)CCN(c1ccc(OC3CC4CCC(C3)N4C)c(Cl)c1)C2=O. The van der Waals surface area contributed by atoms with Gasteiger partial charge < -0.3 is 19.3 Å². The van der Waals surface area contributed by atoms with E-state index in [1.165, 1.54) is 12.8 Å². The number of amides is 1. The molecule has 0 N–H and O–H groups in total. The molecule has 0 saturated carbocycles. The first kappa shape index (κ1) is 22.5. The van der Waals surface area contributed by atoms with Crippen molar-refractivity contribution in [2.24, 2.45) is 0 Å². The van der Waals surface area contributed by atoms with Crippen LogP contribution in [0.15, 0.2) is 36.4 Å². The molecule has 0 radical (unpaired) electrons. The lowest BCUT2D eigenvalue weighted by Crippen LogP contribution is -2.43. The van der Waals surface area contributed by atoms with Gasteiger partial charge in [0.05, 0.1) is 11.6 Å². The predicted octanol–water partition coefficient (Wildman–Crippen LogP) is 5.73. The van der Waals surface area contributed by atoms with Crippen LogP contribution >= 0.6 is 11.6 Å². The fraction of sp³-hybridized carbons (Fsp3) is 0.519. The van der Waals surface area contributed by atoms with E-state index in [1.54, 1.807) is 0 Å². The standard InChI is InChI=1S/C27H33ClN2O3/c1-3-4-13-32-22-8-9-24-18(14-22)11-12-30(27(24)31)21-7-10-26(25(28)17-21)33-23-15-19-5-6-20(16-23)29(19)2/h7-10,14,17,19-20,23H,3-6,11-13,15-16H2,1-2H3. The van der Waals surface area contributed by atoms with E-state index < -0.39 is 0 Å². The fourth-order valence-electron chi connectivity index (χ4n) is 5.53. The van der Waals surface area contributed by atoms with Gasteiger partial charge in [-0.05, 0) is 87.5 Å². The van der Waals surface area contributed by atoms with Gasteiger partial charge in [0.15, 0.2) is 0 Å². The monoisotopic (exact) mass is 468 g/mol. The van der Waals surface area contributed by atoms with Crippen molar-refractivity contribution in [3.8, 4) is 11.5 Å². The van der Waals surface area contributed by atoms with Gasteiger partial charge in [-0.2, -0.15) is 0 Å². The van der Waals surface area contributed by atoms with Crippen LogP contribution < -0.4 is 14.4 Å². The number of nitrogens with zero attached hydrogens (tertiary/aromatic N) is 2. The summed E-state index contributed by atoms with van der Waals surface area (Å²) in [6.07, 6.45) is 7.76. The summed E-state index contributed by atoms with van der Waals surface area (Å²) in [5.41, 5.74) is 2.60. The van der Waals surface area contributed by atoms with Crippen LogP contribution in [0.25, 0.3) is 0 Å². The number of anilines is 1. The number of rotatable bonds is 7. The molecule has 2 saturated heterocycles. The maximum atomic E-state index is 13.2. The molecule has 5 rings (SSSR count). The number of benzene rings is 2. The van der Waals surface area contributed by atoms with Gasteiger partial charge in [-0.25, -0.2) is 0 Å². The summed E-state index contributed by atoms with van der Waals surface area (Å²) in [6, 6.07) is 12.8. The molecule has 2 atom stereocenters. The molecule has 1 amide bonds. The molecule has 3 aliphatic heterocycles. The molecule has 176 valence electrons. The molecule has 3 aliphatic rings. The Hall–Kier alpha value is -2.24. The van der Waals surface area contributed by atoms with Gasteiger partial charge in [-0.15, -0.1) is 0 Å². The third-order valence-electron chi connectivity index (χ3n) is 7.50. The van der Waals surface area contributed by atoms with Gasteiger partial charge in [0.25, 0.3) is 5.91 Å². The summed E-state index contributed by atoms with van der Waals surface area (Å²) in [5, 5.41) is 0.567. The summed E-state index contributed by atoms with van der Waals surface area (Å²) >= 11 is 6.62. The molecule has 2 aromatic carbocycles. The average molecular weight is 469 g/mol. The number of carbonyl (C=O) groups excluding carboxylic acids is 1. The first-order valence-electron chi connectivity index (χ1n) is 12.3. The molecule has 2 unspecified atom stereocenters. The zero-order valence-electron chi connectivity index (χ0n) is 19.6. The Balaban J connectivity index is 1.26. The maximum Gasteiger partial charge on any atom is 0.258 e. The topological polar surface area (TPSA) is 42.0 Å². The van der Waals surface area contributed by atoms with E-state index in [-0.39, 0.29) is 12.0 Å². The van der Waals surface area contributed by atoms with Crippen LogP contribution in [0.3, 0.4) is 0 Å². The van der Waals surface area contributed by atoms with Crippen LogP contribution in [0.2, 0.25) is 5.02 Å². The van der Waals surface area contributed by atoms with Gasteiger partial charge in [0.2, 0.25) is 0 Å². The van der Waals surface area contributed by atoms with Crippen molar-refractivity contribution in [3.63, 3.8) is 0 Å². The number of carbonyl (C=O) groups is 1. The van der Waals surface area contributed by atoms with Crippen LogP contribution in [0, 0.1) is 0 Å². The number of halogens is 1.